The highest BCUT2D eigenvalue weighted by atomic mass is 19.4. The van der Waals surface area contributed by atoms with Gasteiger partial charge in [-0.05, 0) is 47.4 Å². The third-order valence-corrected chi connectivity index (χ3v) is 7.79. The number of alkyl halides is 3. The summed E-state index contributed by atoms with van der Waals surface area (Å²) in [5.41, 5.74) is 2.53. The number of halogens is 3. The molecule has 0 bridgehead atoms. The number of rotatable bonds is 2. The second kappa shape index (κ2) is 8.54. The summed E-state index contributed by atoms with van der Waals surface area (Å²) in [6, 6.07) is 5.37. The van der Waals surface area contributed by atoms with Crippen LogP contribution in [0.5, 0.6) is 0 Å². The van der Waals surface area contributed by atoms with Crippen LogP contribution >= 0.6 is 0 Å². The Kier molecular flexibility index (Phi) is 5.98. The van der Waals surface area contributed by atoms with Gasteiger partial charge in [-0.3, -0.25) is 4.98 Å². The van der Waals surface area contributed by atoms with E-state index in [1.54, 1.807) is 6.07 Å². The molecule has 192 valence electrons. The number of ether oxygens (including phenoxy) is 2. The molecular weight excluding hydrogens is 469 g/mol. The molecule has 1 spiro atoms. The van der Waals surface area contributed by atoms with E-state index in [-0.39, 0.29) is 11.3 Å². The molecule has 0 saturated carbocycles. The summed E-state index contributed by atoms with van der Waals surface area (Å²) in [6.45, 7) is 9.30. The number of aliphatic hydroxyl groups excluding tert-OH is 1. The van der Waals surface area contributed by atoms with Crippen LogP contribution in [0.4, 0.5) is 13.2 Å². The van der Waals surface area contributed by atoms with E-state index in [2.05, 4.69) is 13.8 Å². The number of hydrogen-bond donors (Lipinski definition) is 1. The quantitative estimate of drug-likeness (QED) is 0.529. The van der Waals surface area contributed by atoms with Crippen LogP contribution in [0.1, 0.15) is 110 Å². The summed E-state index contributed by atoms with van der Waals surface area (Å²) in [5, 5.41) is 20.9. The monoisotopic (exact) mass is 500 g/mol. The lowest BCUT2D eigenvalue weighted by Crippen LogP contribution is -2.37. The van der Waals surface area contributed by atoms with Crippen molar-refractivity contribution in [2.24, 2.45) is 5.41 Å². The molecule has 36 heavy (non-hydrogen) atoms. The average molecular weight is 501 g/mol. The van der Waals surface area contributed by atoms with Crippen molar-refractivity contribution in [1.29, 1.82) is 5.26 Å². The van der Waals surface area contributed by atoms with E-state index < -0.39 is 35.1 Å². The molecule has 1 aromatic carbocycles. The smallest absolute Gasteiger partial charge is 0.388 e. The first kappa shape index (κ1) is 25.2. The largest absolute Gasteiger partial charge is 0.417 e. The number of aliphatic hydroxyl groups is 1. The summed E-state index contributed by atoms with van der Waals surface area (Å²) in [5.74, 6) is 0.0252. The lowest BCUT2D eigenvalue weighted by molar-refractivity contribution is -0.138. The van der Waals surface area contributed by atoms with Crippen LogP contribution in [-0.2, 0) is 27.7 Å². The number of nitriles is 1. The molecule has 0 amide bonds. The van der Waals surface area contributed by atoms with Crippen LogP contribution in [-0.4, -0.2) is 23.3 Å². The number of hydrogen-bond acceptors (Lipinski definition) is 5. The van der Waals surface area contributed by atoms with Gasteiger partial charge >= 0.3 is 6.18 Å². The van der Waals surface area contributed by atoms with Crippen molar-refractivity contribution in [3.05, 3.63) is 63.0 Å². The first-order valence-electron chi connectivity index (χ1n) is 12.5. The third-order valence-electron chi connectivity index (χ3n) is 7.79. The molecule has 1 saturated heterocycles. The molecule has 2 aromatic rings. The van der Waals surface area contributed by atoms with E-state index in [0.29, 0.717) is 38.0 Å². The molecule has 2 aliphatic heterocycles. The molecule has 3 heterocycles. The van der Waals surface area contributed by atoms with Gasteiger partial charge in [-0.25, -0.2) is 0 Å². The van der Waals surface area contributed by atoms with Gasteiger partial charge in [-0.1, -0.05) is 33.8 Å². The van der Waals surface area contributed by atoms with Crippen molar-refractivity contribution in [1.82, 2.24) is 4.98 Å². The van der Waals surface area contributed by atoms with Crippen LogP contribution < -0.4 is 0 Å². The Labute approximate surface area is 209 Å². The van der Waals surface area contributed by atoms with Gasteiger partial charge in [0.15, 0.2) is 0 Å². The Morgan fingerprint density at radius 2 is 1.86 bits per heavy atom. The highest BCUT2D eigenvalue weighted by molar-refractivity contribution is 5.55. The van der Waals surface area contributed by atoms with Crippen LogP contribution in [0.3, 0.4) is 0 Å². The lowest BCUT2D eigenvalue weighted by atomic mass is 9.70. The normalized spacial score (nSPS) is 24.4. The summed E-state index contributed by atoms with van der Waals surface area (Å²) in [7, 11) is 0. The highest BCUT2D eigenvalue weighted by Gasteiger charge is 2.52. The summed E-state index contributed by atoms with van der Waals surface area (Å²) in [6.07, 6.45) is -3.56. The van der Waals surface area contributed by atoms with Gasteiger partial charge in [-0.2, -0.15) is 18.4 Å². The minimum atomic E-state index is -4.62. The zero-order valence-electron chi connectivity index (χ0n) is 21.0. The minimum Gasteiger partial charge on any atom is -0.388 e. The van der Waals surface area contributed by atoms with E-state index in [1.165, 1.54) is 12.1 Å². The van der Waals surface area contributed by atoms with Gasteiger partial charge in [0.2, 0.25) is 0 Å². The summed E-state index contributed by atoms with van der Waals surface area (Å²) < 4.78 is 53.0. The zero-order valence-corrected chi connectivity index (χ0v) is 21.0. The predicted molar refractivity (Wildman–Crippen MR) is 126 cm³/mol. The zero-order chi connectivity index (χ0) is 26.0. The Morgan fingerprint density at radius 3 is 2.47 bits per heavy atom. The molecule has 0 radical (unpaired) electrons. The molecule has 2 atom stereocenters. The maximum atomic E-state index is 13.5. The van der Waals surface area contributed by atoms with Crippen molar-refractivity contribution in [3.63, 3.8) is 0 Å². The molecule has 1 N–H and O–H groups in total. The van der Waals surface area contributed by atoms with Gasteiger partial charge in [0, 0.05) is 48.6 Å². The van der Waals surface area contributed by atoms with Crippen molar-refractivity contribution in [3.8, 4) is 6.07 Å². The van der Waals surface area contributed by atoms with Gasteiger partial charge in [0.1, 0.15) is 6.10 Å². The Balaban J connectivity index is 1.77. The highest BCUT2D eigenvalue weighted by Crippen LogP contribution is 2.57. The van der Waals surface area contributed by atoms with E-state index in [1.807, 2.05) is 13.8 Å². The van der Waals surface area contributed by atoms with Crippen molar-refractivity contribution >= 4 is 0 Å². The third kappa shape index (κ3) is 4.02. The van der Waals surface area contributed by atoms with Crippen LogP contribution in [0.15, 0.2) is 18.2 Å². The van der Waals surface area contributed by atoms with Gasteiger partial charge < -0.3 is 14.6 Å². The Hall–Kier alpha value is -2.47. The lowest BCUT2D eigenvalue weighted by Gasteiger charge is -2.40. The topological polar surface area (TPSA) is 75.4 Å². The molecule has 5 nitrogen and oxygen atoms in total. The number of aromatic nitrogens is 1. The first-order chi connectivity index (χ1) is 16.9. The number of benzene rings is 1. The Bertz CT molecular complexity index is 1240. The van der Waals surface area contributed by atoms with Crippen LogP contribution in [0.2, 0.25) is 0 Å². The van der Waals surface area contributed by atoms with Gasteiger partial charge in [0.25, 0.3) is 0 Å². The molecule has 1 aliphatic carbocycles. The van der Waals surface area contributed by atoms with E-state index in [4.69, 9.17) is 14.5 Å². The average Bonchev–Trinajstić information content (AvgIpc) is 3.11. The molecular formula is C28H31F3N2O3. The van der Waals surface area contributed by atoms with E-state index >= 15 is 0 Å². The second-order valence-electron chi connectivity index (χ2n) is 11.4. The predicted octanol–water partition coefficient (Wildman–Crippen LogP) is 6.23. The maximum Gasteiger partial charge on any atom is 0.417 e. The van der Waals surface area contributed by atoms with E-state index in [9.17, 15) is 23.5 Å². The molecule has 1 unspecified atom stereocenters. The standard InChI is InChI=1S/C28H31F3N2O3/c1-15(2)24-22-23(21-19(33-24)12-26(3,4)13-20(21)34)27(7-9-35-10-8-27)36-25(22)16-5-6-18(28(29,30)31)17(11-16)14-32/h5-6,11,15,20,25,34H,7-10,12-13H2,1-4H3/t20?,25-/m1/s1. The fourth-order valence-corrected chi connectivity index (χ4v) is 6.24. The Morgan fingerprint density at radius 1 is 1.17 bits per heavy atom. The van der Waals surface area contributed by atoms with Gasteiger partial charge in [0.05, 0.1) is 28.9 Å². The van der Waals surface area contributed by atoms with E-state index in [0.717, 1.165) is 40.6 Å². The molecule has 1 fully saturated rings. The minimum absolute atomic E-state index is 0.0252. The summed E-state index contributed by atoms with van der Waals surface area (Å²) in [4.78, 5) is 5.07. The molecule has 3 aliphatic rings. The van der Waals surface area contributed by atoms with Crippen LogP contribution in [0, 0.1) is 16.7 Å². The van der Waals surface area contributed by atoms with Crippen molar-refractivity contribution in [2.75, 3.05) is 13.2 Å². The fourth-order valence-electron chi connectivity index (χ4n) is 6.24. The fraction of sp³-hybridized carbons (Fsp3) is 0.571. The number of nitrogens with zero attached hydrogens (tertiary/aromatic N) is 2. The van der Waals surface area contributed by atoms with Crippen molar-refractivity contribution < 1.29 is 27.8 Å². The molecule has 8 heteroatoms. The summed E-state index contributed by atoms with van der Waals surface area (Å²) >= 11 is 0. The second-order valence-corrected chi connectivity index (χ2v) is 11.4. The first-order valence-corrected chi connectivity index (χ1v) is 12.5. The number of fused-ring (bicyclic) bond motifs is 4. The van der Waals surface area contributed by atoms with Crippen molar-refractivity contribution in [2.45, 2.75) is 83.3 Å². The SMILES string of the molecule is CC(C)c1nc2c(c3c1[C@@H](c1ccc(C(F)(F)F)c(C#N)c1)OC31CCOCC1)C(O)CC(C)(C)C2. The van der Waals surface area contributed by atoms with Crippen LogP contribution in [0.25, 0.3) is 0 Å². The number of pyridine rings is 1. The van der Waals surface area contributed by atoms with Gasteiger partial charge in [-0.15, -0.1) is 0 Å². The maximum absolute atomic E-state index is 13.5. The molecule has 5 rings (SSSR count). The molecule has 1 aromatic heterocycles.